The molecule has 0 saturated heterocycles. The first-order valence-electron chi connectivity index (χ1n) is 4.68. The Morgan fingerprint density at radius 2 is 2.00 bits per heavy atom. The summed E-state index contributed by atoms with van der Waals surface area (Å²) in [7, 11) is 1.73. The zero-order valence-corrected chi connectivity index (χ0v) is 8.69. The normalized spacial score (nSPS) is 9.36. The molecule has 0 N–H and O–H groups in total. The van der Waals surface area contributed by atoms with Crippen LogP contribution in [0.25, 0.3) is 10.8 Å². The molecule has 0 aromatic carbocycles. The van der Waals surface area contributed by atoms with E-state index in [1.165, 1.54) is 0 Å². The van der Waals surface area contributed by atoms with Crippen LogP contribution in [0.1, 0.15) is 13.8 Å². The van der Waals surface area contributed by atoms with Crippen LogP contribution in [0.4, 0.5) is 0 Å². The minimum Gasteiger partial charge on any atom is -0.318 e. The Morgan fingerprint density at radius 1 is 1.29 bits per heavy atom. The van der Waals surface area contributed by atoms with Gasteiger partial charge in [-0.25, -0.2) is 0 Å². The third-order valence-corrected chi connectivity index (χ3v) is 1.85. The van der Waals surface area contributed by atoms with Crippen molar-refractivity contribution in [1.29, 1.82) is 0 Å². The molecule has 3 nitrogen and oxygen atoms in total. The summed E-state index contributed by atoms with van der Waals surface area (Å²) in [4.78, 5) is 15.1. The predicted octanol–water partition coefficient (Wildman–Crippen LogP) is 1.96. The van der Waals surface area contributed by atoms with Gasteiger partial charge in [0.2, 0.25) is 0 Å². The molecule has 0 aliphatic carbocycles. The lowest BCUT2D eigenvalue weighted by molar-refractivity contribution is 0.870. The summed E-state index contributed by atoms with van der Waals surface area (Å²) in [5.74, 6) is 0. The molecular formula is C11H14N2O. The van der Waals surface area contributed by atoms with Crippen molar-refractivity contribution in [2.45, 2.75) is 13.8 Å². The van der Waals surface area contributed by atoms with E-state index in [9.17, 15) is 4.79 Å². The van der Waals surface area contributed by atoms with E-state index in [4.69, 9.17) is 0 Å². The van der Waals surface area contributed by atoms with Crippen molar-refractivity contribution in [3.63, 3.8) is 0 Å². The molecule has 0 amide bonds. The largest absolute Gasteiger partial charge is 0.318 e. The van der Waals surface area contributed by atoms with Crippen molar-refractivity contribution in [1.82, 2.24) is 9.55 Å². The maximum Gasteiger partial charge on any atom is 0.250 e. The molecule has 14 heavy (non-hydrogen) atoms. The smallest absolute Gasteiger partial charge is 0.250 e. The summed E-state index contributed by atoms with van der Waals surface area (Å²) < 4.78 is 1.55. The molecule has 0 aliphatic heterocycles. The lowest BCUT2D eigenvalue weighted by Crippen LogP contribution is -2.13. The van der Waals surface area contributed by atoms with Gasteiger partial charge in [0.25, 0.3) is 5.56 Å². The summed E-state index contributed by atoms with van der Waals surface area (Å²) in [6.07, 6.45) is 5.21. The predicted molar refractivity (Wildman–Crippen MR) is 58.3 cm³/mol. The van der Waals surface area contributed by atoms with Crippen LogP contribution in [0.15, 0.2) is 35.5 Å². The van der Waals surface area contributed by atoms with Gasteiger partial charge < -0.3 is 4.57 Å². The SMILES string of the molecule is CC.Cn1cc2cnccc2cc1=O. The molecule has 2 aromatic rings. The van der Waals surface area contributed by atoms with Crippen molar-refractivity contribution in [3.05, 3.63) is 41.1 Å². The maximum atomic E-state index is 11.2. The van der Waals surface area contributed by atoms with Crippen LogP contribution in [0.5, 0.6) is 0 Å². The van der Waals surface area contributed by atoms with Gasteiger partial charge in [-0.2, -0.15) is 0 Å². The Kier molecular flexibility index (Phi) is 3.40. The lowest BCUT2D eigenvalue weighted by atomic mass is 10.2. The van der Waals surface area contributed by atoms with E-state index in [1.807, 2.05) is 19.9 Å². The maximum absolute atomic E-state index is 11.2. The number of rotatable bonds is 0. The number of fused-ring (bicyclic) bond motifs is 1. The zero-order chi connectivity index (χ0) is 10.6. The van der Waals surface area contributed by atoms with Crippen LogP contribution in [0.2, 0.25) is 0 Å². The third-order valence-electron chi connectivity index (χ3n) is 1.85. The van der Waals surface area contributed by atoms with E-state index < -0.39 is 0 Å². The van der Waals surface area contributed by atoms with Crippen molar-refractivity contribution >= 4 is 10.8 Å². The van der Waals surface area contributed by atoms with E-state index in [2.05, 4.69) is 4.98 Å². The fraction of sp³-hybridized carbons (Fsp3) is 0.273. The van der Waals surface area contributed by atoms with Crippen molar-refractivity contribution in [2.24, 2.45) is 7.05 Å². The minimum atomic E-state index is 0.00806. The van der Waals surface area contributed by atoms with Crippen LogP contribution in [0, 0.1) is 0 Å². The fourth-order valence-electron chi connectivity index (χ4n) is 1.16. The Bertz CT molecular complexity index is 474. The van der Waals surface area contributed by atoms with Gasteiger partial charge in [0.15, 0.2) is 0 Å². The topological polar surface area (TPSA) is 34.9 Å². The molecule has 2 rings (SSSR count). The monoisotopic (exact) mass is 190 g/mol. The fourth-order valence-corrected chi connectivity index (χ4v) is 1.16. The number of nitrogens with zero attached hydrogens (tertiary/aromatic N) is 2. The summed E-state index contributed by atoms with van der Waals surface area (Å²) in [6, 6.07) is 3.44. The molecule has 2 heterocycles. The summed E-state index contributed by atoms with van der Waals surface area (Å²) in [5, 5.41) is 1.92. The summed E-state index contributed by atoms with van der Waals surface area (Å²) in [6.45, 7) is 4.00. The Hall–Kier alpha value is -1.64. The number of aryl methyl sites for hydroxylation is 1. The molecule has 3 heteroatoms. The first kappa shape index (κ1) is 10.4. The standard InChI is InChI=1S/C9H8N2O.C2H6/c1-11-6-8-5-10-3-2-7(8)4-9(11)12;1-2/h2-6H,1H3;1-2H3. The molecule has 0 unspecified atom stereocenters. The van der Waals surface area contributed by atoms with Crippen molar-refractivity contribution in [3.8, 4) is 0 Å². The molecule has 0 aliphatic rings. The van der Waals surface area contributed by atoms with E-state index in [-0.39, 0.29) is 5.56 Å². The average Bonchev–Trinajstić information content (AvgIpc) is 2.23. The summed E-state index contributed by atoms with van der Waals surface area (Å²) >= 11 is 0. The zero-order valence-electron chi connectivity index (χ0n) is 8.69. The van der Waals surface area contributed by atoms with Gasteiger partial charge in [-0.15, -0.1) is 0 Å². The highest BCUT2D eigenvalue weighted by atomic mass is 16.1. The highest BCUT2D eigenvalue weighted by Crippen LogP contribution is 2.06. The van der Waals surface area contributed by atoms with Crippen LogP contribution in [-0.2, 0) is 7.05 Å². The molecule has 0 atom stereocenters. The molecule has 0 bridgehead atoms. The summed E-state index contributed by atoms with van der Waals surface area (Å²) in [5.41, 5.74) is 0.00806. The molecule has 74 valence electrons. The van der Waals surface area contributed by atoms with Crippen LogP contribution in [-0.4, -0.2) is 9.55 Å². The first-order chi connectivity index (χ1) is 6.77. The Morgan fingerprint density at radius 3 is 2.71 bits per heavy atom. The van der Waals surface area contributed by atoms with Gasteiger partial charge in [0, 0.05) is 37.1 Å². The molecular weight excluding hydrogens is 176 g/mol. The number of hydrogen-bond acceptors (Lipinski definition) is 2. The van der Waals surface area contributed by atoms with Gasteiger partial charge in [-0.3, -0.25) is 9.78 Å². The van der Waals surface area contributed by atoms with E-state index >= 15 is 0 Å². The number of aromatic nitrogens is 2. The highest BCUT2D eigenvalue weighted by molar-refractivity contribution is 5.80. The molecule has 0 fully saturated rings. The van der Waals surface area contributed by atoms with Crippen molar-refractivity contribution in [2.75, 3.05) is 0 Å². The van der Waals surface area contributed by atoms with Crippen LogP contribution >= 0.6 is 0 Å². The van der Waals surface area contributed by atoms with Gasteiger partial charge in [0.1, 0.15) is 0 Å². The Balaban J connectivity index is 0.000000461. The van der Waals surface area contributed by atoms with E-state index in [0.29, 0.717) is 0 Å². The second kappa shape index (κ2) is 4.56. The minimum absolute atomic E-state index is 0.00806. The van der Waals surface area contributed by atoms with Gasteiger partial charge >= 0.3 is 0 Å². The van der Waals surface area contributed by atoms with Crippen molar-refractivity contribution < 1.29 is 0 Å². The molecule has 0 radical (unpaired) electrons. The second-order valence-electron chi connectivity index (χ2n) is 2.73. The third kappa shape index (κ3) is 1.99. The first-order valence-corrected chi connectivity index (χ1v) is 4.68. The quantitative estimate of drug-likeness (QED) is 0.636. The van der Waals surface area contributed by atoms with Gasteiger partial charge in [-0.1, -0.05) is 13.8 Å². The second-order valence-corrected chi connectivity index (χ2v) is 2.73. The lowest BCUT2D eigenvalue weighted by Gasteiger charge is -1.98. The van der Waals surface area contributed by atoms with Crippen LogP contribution < -0.4 is 5.56 Å². The van der Waals surface area contributed by atoms with Gasteiger partial charge in [-0.05, 0) is 11.5 Å². The highest BCUT2D eigenvalue weighted by Gasteiger charge is 1.94. The number of hydrogen-bond donors (Lipinski definition) is 0. The van der Waals surface area contributed by atoms with Gasteiger partial charge in [0.05, 0.1) is 0 Å². The average molecular weight is 190 g/mol. The molecule has 0 saturated carbocycles. The Labute approximate surface area is 83.0 Å². The van der Waals surface area contributed by atoms with E-state index in [0.717, 1.165) is 10.8 Å². The molecule has 0 spiro atoms. The number of pyridine rings is 2. The van der Waals surface area contributed by atoms with Crippen LogP contribution in [0.3, 0.4) is 0 Å². The molecule has 2 aromatic heterocycles. The van der Waals surface area contributed by atoms with E-state index in [1.54, 1.807) is 36.3 Å².